The zero-order valence-corrected chi connectivity index (χ0v) is 9.44. The van der Waals surface area contributed by atoms with Crippen LogP contribution in [-0.4, -0.2) is 25.4 Å². The molecular formula is C9H9N5OS. The molecule has 6 nitrogen and oxygen atoms in total. The lowest BCUT2D eigenvalue weighted by molar-refractivity contribution is 0.391. The van der Waals surface area contributed by atoms with Crippen LogP contribution in [0.1, 0.15) is 5.89 Å². The molecule has 0 N–H and O–H groups in total. The van der Waals surface area contributed by atoms with E-state index >= 15 is 0 Å². The summed E-state index contributed by atoms with van der Waals surface area (Å²) in [6.45, 7) is 0. The SMILES string of the molecule is Cn1cncc1-c1noc(CSCC#N)n1. The van der Waals surface area contributed by atoms with E-state index in [2.05, 4.69) is 15.1 Å². The number of aryl methyl sites for hydroxylation is 1. The van der Waals surface area contributed by atoms with Crippen molar-refractivity contribution in [2.45, 2.75) is 5.75 Å². The van der Waals surface area contributed by atoms with Crippen molar-refractivity contribution in [1.82, 2.24) is 19.7 Å². The van der Waals surface area contributed by atoms with E-state index in [9.17, 15) is 0 Å². The highest BCUT2D eigenvalue weighted by Gasteiger charge is 2.11. The van der Waals surface area contributed by atoms with Crippen molar-refractivity contribution in [3.05, 3.63) is 18.4 Å². The summed E-state index contributed by atoms with van der Waals surface area (Å²) in [5.74, 6) is 2.02. The number of imidazole rings is 1. The maximum Gasteiger partial charge on any atom is 0.237 e. The van der Waals surface area contributed by atoms with Gasteiger partial charge in [-0.05, 0) is 0 Å². The standard InChI is InChI=1S/C9H9N5OS/c1-14-6-11-4-7(14)9-12-8(15-13-9)5-16-3-2-10/h4,6H,3,5H2,1H3. The summed E-state index contributed by atoms with van der Waals surface area (Å²) in [7, 11) is 1.86. The topological polar surface area (TPSA) is 80.5 Å². The highest BCUT2D eigenvalue weighted by Crippen LogP contribution is 2.16. The van der Waals surface area contributed by atoms with Crippen LogP contribution in [0.25, 0.3) is 11.5 Å². The zero-order chi connectivity index (χ0) is 11.4. The van der Waals surface area contributed by atoms with E-state index in [1.807, 2.05) is 17.7 Å². The normalized spacial score (nSPS) is 10.2. The molecule has 82 valence electrons. The molecule has 0 aliphatic carbocycles. The van der Waals surface area contributed by atoms with Crippen molar-refractivity contribution < 1.29 is 4.52 Å². The van der Waals surface area contributed by atoms with E-state index in [1.165, 1.54) is 11.8 Å². The van der Waals surface area contributed by atoms with E-state index in [0.29, 0.717) is 23.2 Å². The fraction of sp³-hybridized carbons (Fsp3) is 0.333. The van der Waals surface area contributed by atoms with Gasteiger partial charge in [-0.25, -0.2) is 4.98 Å². The largest absolute Gasteiger partial charge is 0.338 e. The summed E-state index contributed by atoms with van der Waals surface area (Å²) in [5, 5.41) is 12.2. The molecule has 2 heterocycles. The van der Waals surface area contributed by atoms with Gasteiger partial charge in [0.05, 0.1) is 30.1 Å². The molecule has 0 unspecified atom stereocenters. The van der Waals surface area contributed by atoms with Crippen LogP contribution in [0.4, 0.5) is 0 Å². The minimum Gasteiger partial charge on any atom is -0.338 e. The van der Waals surface area contributed by atoms with E-state index in [4.69, 9.17) is 9.78 Å². The van der Waals surface area contributed by atoms with Gasteiger partial charge in [-0.15, -0.1) is 11.8 Å². The predicted octanol–water partition coefficient (Wildman–Crippen LogP) is 1.23. The van der Waals surface area contributed by atoms with Crippen molar-refractivity contribution in [2.75, 3.05) is 5.75 Å². The van der Waals surface area contributed by atoms with Crippen molar-refractivity contribution in [2.24, 2.45) is 7.05 Å². The number of thioether (sulfide) groups is 1. The summed E-state index contributed by atoms with van der Waals surface area (Å²) in [4.78, 5) is 8.19. The third-order valence-electron chi connectivity index (χ3n) is 1.91. The number of nitrogens with zero attached hydrogens (tertiary/aromatic N) is 5. The highest BCUT2D eigenvalue weighted by molar-refractivity contribution is 7.98. The van der Waals surface area contributed by atoms with Gasteiger partial charge in [0.15, 0.2) is 0 Å². The summed E-state index contributed by atoms with van der Waals surface area (Å²) in [6, 6.07) is 2.04. The average molecular weight is 235 g/mol. The van der Waals surface area contributed by atoms with Crippen LogP contribution in [0, 0.1) is 11.3 Å². The van der Waals surface area contributed by atoms with Gasteiger partial charge in [0.2, 0.25) is 11.7 Å². The third kappa shape index (κ3) is 2.23. The molecule has 0 atom stereocenters. The number of aromatic nitrogens is 4. The van der Waals surface area contributed by atoms with Crippen molar-refractivity contribution in [1.29, 1.82) is 5.26 Å². The van der Waals surface area contributed by atoms with Gasteiger partial charge in [0.1, 0.15) is 5.69 Å². The van der Waals surface area contributed by atoms with E-state index < -0.39 is 0 Å². The van der Waals surface area contributed by atoms with Gasteiger partial charge in [0, 0.05) is 7.05 Å². The van der Waals surface area contributed by atoms with Gasteiger partial charge in [-0.3, -0.25) is 0 Å². The zero-order valence-electron chi connectivity index (χ0n) is 8.62. The number of hydrogen-bond donors (Lipinski definition) is 0. The monoisotopic (exact) mass is 235 g/mol. The van der Waals surface area contributed by atoms with Crippen molar-refractivity contribution in [3.8, 4) is 17.6 Å². The first-order valence-corrected chi connectivity index (χ1v) is 5.70. The third-order valence-corrected chi connectivity index (χ3v) is 2.69. The molecule has 0 saturated heterocycles. The fourth-order valence-corrected chi connectivity index (χ4v) is 1.66. The van der Waals surface area contributed by atoms with Crippen LogP contribution in [0.15, 0.2) is 17.0 Å². The Balaban J connectivity index is 2.09. The Morgan fingerprint density at radius 2 is 2.50 bits per heavy atom. The predicted molar refractivity (Wildman–Crippen MR) is 58.3 cm³/mol. The Bertz CT molecular complexity index is 512. The second kappa shape index (κ2) is 4.81. The summed E-state index contributed by atoms with van der Waals surface area (Å²) >= 11 is 1.44. The van der Waals surface area contributed by atoms with Crippen LogP contribution < -0.4 is 0 Å². The Morgan fingerprint density at radius 3 is 3.19 bits per heavy atom. The van der Waals surface area contributed by atoms with Gasteiger partial charge in [-0.2, -0.15) is 10.2 Å². The minimum absolute atomic E-state index is 0.420. The molecule has 0 saturated carbocycles. The number of nitriles is 1. The first-order valence-electron chi connectivity index (χ1n) is 4.55. The molecule has 7 heteroatoms. The van der Waals surface area contributed by atoms with Gasteiger partial charge >= 0.3 is 0 Å². The number of rotatable bonds is 4. The summed E-state index contributed by atoms with van der Waals surface area (Å²) < 4.78 is 6.87. The lowest BCUT2D eigenvalue weighted by Crippen LogP contribution is -1.91. The van der Waals surface area contributed by atoms with Crippen LogP contribution in [-0.2, 0) is 12.8 Å². The molecule has 0 amide bonds. The molecule has 16 heavy (non-hydrogen) atoms. The quantitative estimate of drug-likeness (QED) is 0.741. The highest BCUT2D eigenvalue weighted by atomic mass is 32.2. The molecule has 2 aromatic rings. The molecule has 0 spiro atoms. The first-order chi connectivity index (χ1) is 7.81. The maximum atomic E-state index is 8.39. The molecule has 0 aromatic carbocycles. The Morgan fingerprint density at radius 1 is 1.62 bits per heavy atom. The molecule has 0 bridgehead atoms. The summed E-state index contributed by atoms with van der Waals surface area (Å²) in [5.41, 5.74) is 0.806. The lowest BCUT2D eigenvalue weighted by atomic mass is 10.4. The van der Waals surface area contributed by atoms with E-state index in [1.54, 1.807) is 12.5 Å². The second-order valence-corrected chi connectivity index (χ2v) is 4.04. The van der Waals surface area contributed by atoms with Crippen molar-refractivity contribution >= 4 is 11.8 Å². The lowest BCUT2D eigenvalue weighted by Gasteiger charge is -1.93. The van der Waals surface area contributed by atoms with Gasteiger partial charge in [-0.1, -0.05) is 5.16 Å². The van der Waals surface area contributed by atoms with Gasteiger partial charge in [0.25, 0.3) is 0 Å². The molecule has 2 rings (SSSR count). The van der Waals surface area contributed by atoms with Crippen LogP contribution in [0.2, 0.25) is 0 Å². The molecular weight excluding hydrogens is 226 g/mol. The molecule has 0 aliphatic rings. The Labute approximate surface area is 96.3 Å². The number of hydrogen-bond acceptors (Lipinski definition) is 6. The fourth-order valence-electron chi connectivity index (χ4n) is 1.17. The smallest absolute Gasteiger partial charge is 0.237 e. The molecule has 0 fully saturated rings. The second-order valence-electron chi connectivity index (χ2n) is 3.05. The Kier molecular flexibility index (Phi) is 3.22. The first kappa shape index (κ1) is 10.7. The Hall–Kier alpha value is -1.81. The molecule has 0 aliphatic heterocycles. The minimum atomic E-state index is 0.420. The van der Waals surface area contributed by atoms with E-state index in [0.717, 1.165) is 5.69 Å². The van der Waals surface area contributed by atoms with Crippen LogP contribution in [0.3, 0.4) is 0 Å². The summed E-state index contributed by atoms with van der Waals surface area (Å²) in [6.07, 6.45) is 3.35. The van der Waals surface area contributed by atoms with Crippen molar-refractivity contribution in [3.63, 3.8) is 0 Å². The molecule has 0 radical (unpaired) electrons. The van der Waals surface area contributed by atoms with Crippen LogP contribution in [0.5, 0.6) is 0 Å². The van der Waals surface area contributed by atoms with Crippen LogP contribution >= 0.6 is 11.8 Å². The average Bonchev–Trinajstić information content (AvgIpc) is 2.87. The van der Waals surface area contributed by atoms with E-state index in [-0.39, 0.29) is 0 Å². The van der Waals surface area contributed by atoms with Gasteiger partial charge < -0.3 is 9.09 Å². The molecule has 2 aromatic heterocycles. The maximum absolute atomic E-state index is 8.39.